The van der Waals surface area contributed by atoms with Crippen LogP contribution in [0.2, 0.25) is 0 Å². The summed E-state index contributed by atoms with van der Waals surface area (Å²) in [6.45, 7) is 8.33. The van der Waals surface area contributed by atoms with Gasteiger partial charge in [0.1, 0.15) is 5.52 Å². The van der Waals surface area contributed by atoms with Gasteiger partial charge in [-0.15, -0.1) is 6.58 Å². The fourth-order valence-corrected chi connectivity index (χ4v) is 1.86. The Morgan fingerprint density at radius 1 is 1.60 bits per heavy atom. The number of allylic oxidation sites excluding steroid dienone is 1. The third-order valence-electron chi connectivity index (χ3n) is 2.76. The Morgan fingerprint density at radius 3 is 3.00 bits per heavy atom. The number of aryl methyl sites for hydroxylation is 1. The third-order valence-corrected chi connectivity index (χ3v) is 2.76. The summed E-state index contributed by atoms with van der Waals surface area (Å²) < 4.78 is 1.96. The molecule has 2 heterocycles. The number of aromatic nitrogens is 3. The van der Waals surface area contributed by atoms with Crippen LogP contribution in [0.25, 0.3) is 10.9 Å². The van der Waals surface area contributed by atoms with Crippen LogP contribution < -0.4 is 5.56 Å². The highest BCUT2D eigenvalue weighted by Gasteiger charge is 2.12. The normalized spacial score (nSPS) is 10.8. The molecule has 0 spiro atoms. The Hall–Kier alpha value is -1.84. The summed E-state index contributed by atoms with van der Waals surface area (Å²) in [6.07, 6.45) is 3.48. The smallest absolute Gasteiger partial charge is 0.288 e. The minimum atomic E-state index is -0.148. The van der Waals surface area contributed by atoms with Crippen molar-refractivity contribution in [1.29, 1.82) is 0 Å². The van der Waals surface area contributed by atoms with Crippen molar-refractivity contribution in [1.82, 2.24) is 14.8 Å². The molecule has 0 saturated heterocycles. The zero-order valence-corrected chi connectivity index (χ0v) is 8.87. The van der Waals surface area contributed by atoms with Gasteiger partial charge in [-0.1, -0.05) is 6.08 Å². The molecule has 0 aliphatic carbocycles. The van der Waals surface area contributed by atoms with E-state index < -0.39 is 0 Å². The molecule has 78 valence electrons. The predicted octanol–water partition coefficient (Wildman–Crippen LogP) is 1.53. The Balaban J connectivity index is 2.95. The molecule has 4 heteroatoms. The Bertz CT molecular complexity index is 577. The maximum absolute atomic E-state index is 11.7. The number of nitrogens with one attached hydrogen (secondary N) is 1. The van der Waals surface area contributed by atoms with Crippen LogP contribution in [0.1, 0.15) is 11.3 Å². The lowest BCUT2D eigenvalue weighted by molar-refractivity contribution is 0.815. The van der Waals surface area contributed by atoms with Crippen LogP contribution >= 0.6 is 0 Å². The van der Waals surface area contributed by atoms with Gasteiger partial charge >= 0.3 is 0 Å². The number of rotatable bonds is 2. The summed E-state index contributed by atoms with van der Waals surface area (Å²) in [4.78, 5) is 11.7. The van der Waals surface area contributed by atoms with Gasteiger partial charge in [0.15, 0.2) is 0 Å². The molecule has 0 fully saturated rings. The molecule has 2 aromatic rings. The van der Waals surface area contributed by atoms with E-state index in [-0.39, 0.29) is 5.56 Å². The summed E-state index contributed by atoms with van der Waals surface area (Å²) >= 11 is 0. The van der Waals surface area contributed by atoms with Crippen LogP contribution in [0, 0.1) is 13.8 Å². The molecule has 0 aliphatic rings. The average molecular weight is 203 g/mol. The highest BCUT2D eigenvalue weighted by Crippen LogP contribution is 2.21. The van der Waals surface area contributed by atoms with Gasteiger partial charge in [0.2, 0.25) is 0 Å². The summed E-state index contributed by atoms with van der Waals surface area (Å²) in [5, 5.41) is 7.18. The van der Waals surface area contributed by atoms with Crippen molar-refractivity contribution in [3.05, 3.63) is 40.5 Å². The molecule has 0 unspecified atom stereocenters. The highest BCUT2D eigenvalue weighted by molar-refractivity contribution is 5.83. The molecule has 0 amide bonds. The molecular formula is C11H13N3O. The number of H-pyrrole nitrogens is 1. The van der Waals surface area contributed by atoms with Gasteiger partial charge in [-0.2, -0.15) is 5.10 Å². The molecule has 0 saturated carbocycles. The molecule has 2 rings (SSSR count). The van der Waals surface area contributed by atoms with E-state index in [2.05, 4.69) is 16.8 Å². The molecular weight excluding hydrogens is 190 g/mol. The summed E-state index contributed by atoms with van der Waals surface area (Å²) in [5.74, 6) is 0. The first-order valence-corrected chi connectivity index (χ1v) is 4.80. The lowest BCUT2D eigenvalue weighted by Crippen LogP contribution is -2.12. The van der Waals surface area contributed by atoms with Crippen LogP contribution in [-0.4, -0.2) is 14.8 Å². The minimum Gasteiger partial charge on any atom is -0.336 e. The van der Waals surface area contributed by atoms with Crippen LogP contribution in [0.4, 0.5) is 0 Å². The first-order chi connectivity index (χ1) is 7.16. The third kappa shape index (κ3) is 1.29. The van der Waals surface area contributed by atoms with Crippen molar-refractivity contribution in [2.45, 2.75) is 20.4 Å². The van der Waals surface area contributed by atoms with Gasteiger partial charge < -0.3 is 4.57 Å². The zero-order valence-electron chi connectivity index (χ0n) is 8.87. The first-order valence-electron chi connectivity index (χ1n) is 4.80. The van der Waals surface area contributed by atoms with E-state index in [1.807, 2.05) is 18.4 Å². The average Bonchev–Trinajstić information content (AvgIpc) is 2.46. The fraction of sp³-hybridized carbons (Fsp3) is 0.273. The molecule has 2 aromatic heterocycles. The second-order valence-electron chi connectivity index (χ2n) is 3.57. The van der Waals surface area contributed by atoms with Crippen LogP contribution in [0.15, 0.2) is 23.6 Å². The second kappa shape index (κ2) is 3.38. The van der Waals surface area contributed by atoms with Crippen molar-refractivity contribution in [2.75, 3.05) is 0 Å². The molecule has 0 aromatic carbocycles. The van der Waals surface area contributed by atoms with Gasteiger partial charge in [-0.25, -0.2) is 5.10 Å². The number of hydrogen-bond acceptors (Lipinski definition) is 2. The maximum atomic E-state index is 11.7. The molecule has 4 nitrogen and oxygen atoms in total. The van der Waals surface area contributed by atoms with Crippen LogP contribution in [-0.2, 0) is 6.54 Å². The quantitative estimate of drug-likeness (QED) is 0.752. The number of nitrogens with zero attached hydrogens (tertiary/aromatic N) is 2. The molecule has 15 heavy (non-hydrogen) atoms. The monoisotopic (exact) mass is 203 g/mol. The van der Waals surface area contributed by atoms with Crippen molar-refractivity contribution < 1.29 is 0 Å². The van der Waals surface area contributed by atoms with Crippen molar-refractivity contribution in [3.8, 4) is 0 Å². The van der Waals surface area contributed by atoms with E-state index in [1.54, 1.807) is 12.3 Å². The number of aromatic amines is 1. The largest absolute Gasteiger partial charge is 0.336 e. The van der Waals surface area contributed by atoms with E-state index in [0.29, 0.717) is 12.1 Å². The van der Waals surface area contributed by atoms with Crippen LogP contribution in [0.3, 0.4) is 0 Å². The van der Waals surface area contributed by atoms with Gasteiger partial charge in [-0.05, 0) is 19.4 Å². The highest BCUT2D eigenvalue weighted by atomic mass is 16.1. The summed E-state index contributed by atoms with van der Waals surface area (Å²) in [6, 6.07) is 0. The first kappa shape index (κ1) is 9.71. The van der Waals surface area contributed by atoms with E-state index in [9.17, 15) is 4.79 Å². The van der Waals surface area contributed by atoms with Gasteiger partial charge in [0.25, 0.3) is 5.56 Å². The SMILES string of the molecule is C=CCn1c(C)c(C)c2cn[nH]c(=O)c21. The van der Waals surface area contributed by atoms with Crippen molar-refractivity contribution in [2.24, 2.45) is 0 Å². The van der Waals surface area contributed by atoms with Gasteiger partial charge in [0, 0.05) is 17.6 Å². The second-order valence-corrected chi connectivity index (χ2v) is 3.57. The molecule has 0 radical (unpaired) electrons. The Labute approximate surface area is 87.2 Å². The van der Waals surface area contributed by atoms with E-state index in [4.69, 9.17) is 0 Å². The maximum Gasteiger partial charge on any atom is 0.288 e. The predicted molar refractivity (Wildman–Crippen MR) is 60.0 cm³/mol. The summed E-state index contributed by atoms with van der Waals surface area (Å²) in [7, 11) is 0. The Morgan fingerprint density at radius 2 is 2.33 bits per heavy atom. The van der Waals surface area contributed by atoms with E-state index in [0.717, 1.165) is 16.6 Å². The van der Waals surface area contributed by atoms with E-state index in [1.165, 1.54) is 0 Å². The molecule has 0 aliphatic heterocycles. The van der Waals surface area contributed by atoms with Gasteiger partial charge in [0.05, 0.1) is 6.20 Å². The molecule has 1 N–H and O–H groups in total. The Kier molecular flexibility index (Phi) is 2.19. The van der Waals surface area contributed by atoms with Gasteiger partial charge in [-0.3, -0.25) is 4.79 Å². The zero-order chi connectivity index (χ0) is 11.0. The molecule has 0 bridgehead atoms. The number of hydrogen-bond donors (Lipinski definition) is 1. The minimum absolute atomic E-state index is 0.148. The lowest BCUT2D eigenvalue weighted by Gasteiger charge is -2.02. The van der Waals surface area contributed by atoms with E-state index >= 15 is 0 Å². The van der Waals surface area contributed by atoms with Crippen molar-refractivity contribution >= 4 is 10.9 Å². The standard InChI is InChI=1S/C11H13N3O/c1-4-5-14-8(3)7(2)9-6-12-13-11(15)10(9)14/h4,6H,1,5H2,2-3H3,(H,13,15). The molecule has 0 atom stereocenters. The lowest BCUT2D eigenvalue weighted by atomic mass is 10.2. The summed E-state index contributed by atoms with van der Waals surface area (Å²) in [5.41, 5.74) is 2.72. The number of fused-ring (bicyclic) bond motifs is 1. The fourth-order valence-electron chi connectivity index (χ4n) is 1.86. The topological polar surface area (TPSA) is 50.7 Å². The van der Waals surface area contributed by atoms with Crippen LogP contribution in [0.5, 0.6) is 0 Å². The van der Waals surface area contributed by atoms with Crippen molar-refractivity contribution in [3.63, 3.8) is 0 Å².